The lowest BCUT2D eigenvalue weighted by molar-refractivity contribution is -0.146. The highest BCUT2D eigenvalue weighted by Gasteiger charge is 2.45. The van der Waals surface area contributed by atoms with E-state index in [4.69, 9.17) is 4.74 Å². The molecule has 5 heteroatoms. The molecule has 2 aromatic carbocycles. The Labute approximate surface area is 154 Å². The van der Waals surface area contributed by atoms with E-state index in [-0.39, 0.29) is 11.6 Å². The minimum atomic E-state index is -0.982. The van der Waals surface area contributed by atoms with Crippen LogP contribution in [0.1, 0.15) is 35.7 Å². The van der Waals surface area contributed by atoms with Gasteiger partial charge in [-0.1, -0.05) is 53.2 Å². The van der Waals surface area contributed by atoms with E-state index in [0.717, 1.165) is 4.47 Å². The van der Waals surface area contributed by atoms with Gasteiger partial charge in [0.05, 0.1) is 0 Å². The van der Waals surface area contributed by atoms with Gasteiger partial charge in [-0.05, 0) is 25.1 Å². The van der Waals surface area contributed by atoms with E-state index in [1.165, 1.54) is 6.92 Å². The monoisotopic (exact) mass is 400 g/mol. The van der Waals surface area contributed by atoms with Gasteiger partial charge in [0.1, 0.15) is 17.5 Å². The summed E-state index contributed by atoms with van der Waals surface area (Å²) in [6.45, 7) is 3.13. The van der Waals surface area contributed by atoms with Gasteiger partial charge in [0, 0.05) is 27.4 Å². The fraction of sp³-hybridized carbons (Fsp3) is 0.250. The molecule has 2 aromatic rings. The van der Waals surface area contributed by atoms with Gasteiger partial charge in [-0.25, -0.2) is 0 Å². The number of halogens is 1. The average Bonchev–Trinajstić information content (AvgIpc) is 2.60. The number of hydrogen-bond donors (Lipinski definition) is 0. The Kier molecular flexibility index (Phi) is 4.86. The van der Waals surface area contributed by atoms with Crippen LogP contribution in [0, 0.1) is 11.8 Å². The SMILES string of the molecule is CC(=O)[C@H]1C(=O)Oc2ccc(Br)cc2[C@@H]1[C@@H](C)C(=O)c1ccccc1. The summed E-state index contributed by atoms with van der Waals surface area (Å²) < 4.78 is 6.14. The minimum absolute atomic E-state index is 0.0996. The largest absolute Gasteiger partial charge is 0.426 e. The van der Waals surface area contributed by atoms with Crippen LogP contribution in [0.2, 0.25) is 0 Å². The second-order valence-corrected chi connectivity index (χ2v) is 7.15. The highest BCUT2D eigenvalue weighted by atomic mass is 79.9. The van der Waals surface area contributed by atoms with E-state index in [1.807, 2.05) is 12.1 Å². The second-order valence-electron chi connectivity index (χ2n) is 6.24. The van der Waals surface area contributed by atoms with Gasteiger partial charge in [0.2, 0.25) is 0 Å². The molecule has 0 saturated heterocycles. The molecule has 0 saturated carbocycles. The van der Waals surface area contributed by atoms with Crippen molar-refractivity contribution in [2.75, 3.05) is 0 Å². The molecule has 1 heterocycles. The highest BCUT2D eigenvalue weighted by Crippen LogP contribution is 2.44. The van der Waals surface area contributed by atoms with Crippen LogP contribution in [0.3, 0.4) is 0 Å². The molecule has 4 nitrogen and oxygen atoms in total. The summed E-state index contributed by atoms with van der Waals surface area (Å²) in [7, 11) is 0. The van der Waals surface area contributed by atoms with E-state index in [9.17, 15) is 14.4 Å². The van der Waals surface area contributed by atoms with Crippen molar-refractivity contribution < 1.29 is 19.1 Å². The third-order valence-corrected chi connectivity index (χ3v) is 5.10. The van der Waals surface area contributed by atoms with Crippen LogP contribution in [-0.4, -0.2) is 17.5 Å². The van der Waals surface area contributed by atoms with Gasteiger partial charge in [-0.15, -0.1) is 0 Å². The van der Waals surface area contributed by atoms with E-state index >= 15 is 0 Å². The van der Waals surface area contributed by atoms with E-state index in [2.05, 4.69) is 15.9 Å². The number of rotatable bonds is 4. The van der Waals surface area contributed by atoms with E-state index in [0.29, 0.717) is 16.9 Å². The molecule has 3 atom stereocenters. The lowest BCUT2D eigenvalue weighted by Gasteiger charge is -2.34. The summed E-state index contributed by atoms with van der Waals surface area (Å²) in [5.41, 5.74) is 1.26. The molecule has 0 N–H and O–H groups in total. The maximum Gasteiger partial charge on any atom is 0.322 e. The molecule has 0 fully saturated rings. The maximum absolute atomic E-state index is 12.9. The third-order valence-electron chi connectivity index (χ3n) is 4.60. The van der Waals surface area contributed by atoms with Crippen LogP contribution < -0.4 is 4.74 Å². The number of esters is 1. The van der Waals surface area contributed by atoms with Crippen molar-refractivity contribution in [3.63, 3.8) is 0 Å². The molecule has 0 radical (unpaired) electrons. The van der Waals surface area contributed by atoms with Crippen LogP contribution in [0.4, 0.5) is 0 Å². The van der Waals surface area contributed by atoms with Crippen molar-refractivity contribution in [3.8, 4) is 5.75 Å². The van der Waals surface area contributed by atoms with Crippen LogP contribution in [0.5, 0.6) is 5.75 Å². The maximum atomic E-state index is 12.9. The number of hydrogen-bond acceptors (Lipinski definition) is 4. The Balaban J connectivity index is 2.09. The van der Waals surface area contributed by atoms with Crippen molar-refractivity contribution in [2.24, 2.45) is 11.8 Å². The Hall–Kier alpha value is -2.27. The highest BCUT2D eigenvalue weighted by molar-refractivity contribution is 9.10. The number of fused-ring (bicyclic) bond motifs is 1. The Bertz CT molecular complexity index is 844. The van der Waals surface area contributed by atoms with E-state index < -0.39 is 23.7 Å². The first kappa shape index (κ1) is 17.5. The van der Waals surface area contributed by atoms with Gasteiger partial charge in [0.15, 0.2) is 5.78 Å². The van der Waals surface area contributed by atoms with Gasteiger partial charge < -0.3 is 4.74 Å². The number of ketones is 2. The third kappa shape index (κ3) is 3.29. The molecule has 128 valence electrons. The van der Waals surface area contributed by atoms with Crippen molar-refractivity contribution in [1.82, 2.24) is 0 Å². The lowest BCUT2D eigenvalue weighted by atomic mass is 9.72. The Morgan fingerprint density at radius 2 is 1.80 bits per heavy atom. The summed E-state index contributed by atoms with van der Waals surface area (Å²) in [6.07, 6.45) is 0. The number of benzene rings is 2. The normalized spacial score (nSPS) is 20.4. The summed E-state index contributed by atoms with van der Waals surface area (Å²) in [5, 5.41) is 0. The van der Waals surface area contributed by atoms with Crippen molar-refractivity contribution in [3.05, 3.63) is 64.1 Å². The second kappa shape index (κ2) is 6.92. The van der Waals surface area contributed by atoms with Crippen LogP contribution in [0.25, 0.3) is 0 Å². The zero-order chi connectivity index (χ0) is 18.1. The summed E-state index contributed by atoms with van der Waals surface area (Å²) in [5.74, 6) is -2.67. The molecule has 1 aliphatic heterocycles. The molecule has 0 bridgehead atoms. The molecule has 0 unspecified atom stereocenters. The number of carbonyl (C=O) groups excluding carboxylic acids is 3. The molecule has 3 rings (SSSR count). The summed E-state index contributed by atoms with van der Waals surface area (Å²) in [4.78, 5) is 37.5. The van der Waals surface area contributed by atoms with Gasteiger partial charge in [-0.3, -0.25) is 14.4 Å². The smallest absolute Gasteiger partial charge is 0.322 e. The number of ether oxygens (including phenoxy) is 1. The lowest BCUT2D eigenvalue weighted by Crippen LogP contribution is -2.40. The van der Waals surface area contributed by atoms with Crippen LogP contribution in [0.15, 0.2) is 53.0 Å². The molecular weight excluding hydrogens is 384 g/mol. The van der Waals surface area contributed by atoms with Crippen molar-refractivity contribution >= 4 is 33.5 Å². The fourth-order valence-electron chi connectivity index (χ4n) is 3.38. The average molecular weight is 401 g/mol. The van der Waals surface area contributed by atoms with Gasteiger partial charge in [0.25, 0.3) is 0 Å². The molecule has 0 aliphatic carbocycles. The quantitative estimate of drug-likeness (QED) is 0.334. The zero-order valence-electron chi connectivity index (χ0n) is 13.9. The standard InChI is InChI=1S/C20H17BrO4/c1-11(19(23)13-6-4-3-5-7-13)17-15-10-14(21)8-9-16(15)25-20(24)18(17)12(2)22/h3-11,17-18H,1-2H3/t11-,17+,18-/m1/s1. The molecule has 0 aromatic heterocycles. The topological polar surface area (TPSA) is 60.4 Å². The van der Waals surface area contributed by atoms with Gasteiger partial charge >= 0.3 is 5.97 Å². The van der Waals surface area contributed by atoms with Crippen LogP contribution in [-0.2, 0) is 9.59 Å². The molecule has 0 spiro atoms. The molecule has 0 amide bonds. The predicted molar refractivity (Wildman–Crippen MR) is 96.6 cm³/mol. The summed E-state index contributed by atoms with van der Waals surface area (Å²) in [6, 6.07) is 14.2. The molecular formula is C20H17BrO4. The van der Waals surface area contributed by atoms with Crippen LogP contribution >= 0.6 is 15.9 Å². The summed E-state index contributed by atoms with van der Waals surface area (Å²) >= 11 is 3.41. The first-order valence-electron chi connectivity index (χ1n) is 8.01. The van der Waals surface area contributed by atoms with Crippen molar-refractivity contribution in [1.29, 1.82) is 0 Å². The molecule has 25 heavy (non-hydrogen) atoms. The Morgan fingerprint density at radius 1 is 1.12 bits per heavy atom. The first-order valence-corrected chi connectivity index (χ1v) is 8.80. The predicted octanol–water partition coefficient (Wildman–Crippen LogP) is 4.18. The van der Waals surface area contributed by atoms with Crippen molar-refractivity contribution in [2.45, 2.75) is 19.8 Å². The number of Topliss-reactive ketones (excluding diaryl/α,β-unsaturated/α-hetero) is 2. The van der Waals surface area contributed by atoms with Gasteiger partial charge in [-0.2, -0.15) is 0 Å². The number of carbonyl (C=O) groups is 3. The zero-order valence-corrected chi connectivity index (χ0v) is 15.4. The fourth-order valence-corrected chi connectivity index (χ4v) is 3.75. The minimum Gasteiger partial charge on any atom is -0.426 e. The van der Waals surface area contributed by atoms with E-state index in [1.54, 1.807) is 43.3 Å². The first-order chi connectivity index (χ1) is 11.9. The Morgan fingerprint density at radius 3 is 2.44 bits per heavy atom. The molecule has 1 aliphatic rings.